The van der Waals surface area contributed by atoms with Crippen LogP contribution in [0.4, 0.5) is 4.39 Å². The Morgan fingerprint density at radius 1 is 1.20 bits per heavy atom. The Morgan fingerprint density at radius 3 is 2.70 bits per heavy atom. The summed E-state index contributed by atoms with van der Waals surface area (Å²) in [5, 5.41) is 0. The van der Waals surface area contributed by atoms with E-state index in [1.807, 2.05) is 0 Å². The lowest BCUT2D eigenvalue weighted by Gasteiger charge is -2.12. The molecule has 4 heteroatoms. The molecule has 20 heavy (non-hydrogen) atoms. The van der Waals surface area contributed by atoms with Crippen LogP contribution in [0, 0.1) is 12.7 Å². The van der Waals surface area contributed by atoms with Gasteiger partial charge in [0.15, 0.2) is 11.6 Å². The lowest BCUT2D eigenvalue weighted by Crippen LogP contribution is -2.01. The first-order valence-corrected chi connectivity index (χ1v) is 6.15. The summed E-state index contributed by atoms with van der Waals surface area (Å²) in [6, 6.07) is 9.98. The molecule has 0 unspecified atom stereocenters. The number of aldehydes is 1. The van der Waals surface area contributed by atoms with Crippen LogP contribution >= 0.6 is 0 Å². The van der Waals surface area contributed by atoms with Crippen molar-refractivity contribution in [1.82, 2.24) is 0 Å². The van der Waals surface area contributed by atoms with Gasteiger partial charge in [-0.1, -0.05) is 12.1 Å². The SMILES string of the molecule is COc1ccc(C=O)cc1COc1cccc(C)c1F. The van der Waals surface area contributed by atoms with Gasteiger partial charge in [-0.2, -0.15) is 0 Å². The largest absolute Gasteiger partial charge is 0.496 e. The monoisotopic (exact) mass is 274 g/mol. The topological polar surface area (TPSA) is 35.5 Å². The number of carbonyl (C=O) groups is 1. The van der Waals surface area contributed by atoms with Gasteiger partial charge in [-0.3, -0.25) is 4.79 Å². The molecule has 0 heterocycles. The van der Waals surface area contributed by atoms with Crippen molar-refractivity contribution in [2.24, 2.45) is 0 Å². The van der Waals surface area contributed by atoms with E-state index in [4.69, 9.17) is 9.47 Å². The molecule has 2 aromatic carbocycles. The third-order valence-corrected chi connectivity index (χ3v) is 2.98. The van der Waals surface area contributed by atoms with Gasteiger partial charge in [0, 0.05) is 11.1 Å². The third-order valence-electron chi connectivity index (χ3n) is 2.98. The van der Waals surface area contributed by atoms with Crippen molar-refractivity contribution >= 4 is 6.29 Å². The molecular formula is C16H15FO3. The van der Waals surface area contributed by atoms with Gasteiger partial charge in [-0.05, 0) is 36.8 Å². The number of aryl methyl sites for hydroxylation is 1. The Bertz CT molecular complexity index is 623. The standard InChI is InChI=1S/C16H15FO3/c1-11-4-3-5-15(16(11)17)20-10-13-8-12(9-18)6-7-14(13)19-2/h3-9H,10H2,1-2H3. The highest BCUT2D eigenvalue weighted by molar-refractivity contribution is 5.75. The number of halogens is 1. The van der Waals surface area contributed by atoms with E-state index in [0.717, 1.165) is 6.29 Å². The van der Waals surface area contributed by atoms with E-state index in [9.17, 15) is 9.18 Å². The second-order valence-corrected chi connectivity index (χ2v) is 4.36. The fourth-order valence-corrected chi connectivity index (χ4v) is 1.87. The van der Waals surface area contributed by atoms with Crippen LogP contribution in [0.2, 0.25) is 0 Å². The lowest BCUT2D eigenvalue weighted by molar-refractivity contribution is 0.112. The van der Waals surface area contributed by atoms with E-state index in [2.05, 4.69) is 0 Å². The van der Waals surface area contributed by atoms with Gasteiger partial charge in [0.05, 0.1) is 7.11 Å². The third kappa shape index (κ3) is 2.96. The van der Waals surface area contributed by atoms with Crippen LogP contribution in [0.1, 0.15) is 21.5 Å². The van der Waals surface area contributed by atoms with Gasteiger partial charge < -0.3 is 9.47 Å². The van der Waals surface area contributed by atoms with Crippen molar-refractivity contribution in [3.63, 3.8) is 0 Å². The second kappa shape index (κ2) is 6.19. The highest BCUT2D eigenvalue weighted by Crippen LogP contribution is 2.24. The first kappa shape index (κ1) is 14.1. The number of benzene rings is 2. The molecule has 0 aliphatic heterocycles. The number of rotatable bonds is 5. The Morgan fingerprint density at radius 2 is 2.00 bits per heavy atom. The Kier molecular flexibility index (Phi) is 4.35. The maximum atomic E-state index is 13.8. The summed E-state index contributed by atoms with van der Waals surface area (Å²) in [7, 11) is 1.53. The molecule has 2 aromatic rings. The molecular weight excluding hydrogens is 259 g/mol. The zero-order chi connectivity index (χ0) is 14.5. The highest BCUT2D eigenvalue weighted by Gasteiger charge is 2.09. The fourth-order valence-electron chi connectivity index (χ4n) is 1.87. The minimum atomic E-state index is -0.377. The van der Waals surface area contributed by atoms with E-state index in [1.165, 1.54) is 7.11 Å². The van der Waals surface area contributed by atoms with Gasteiger partial charge in [0.1, 0.15) is 18.6 Å². The van der Waals surface area contributed by atoms with Crippen molar-refractivity contribution in [2.75, 3.05) is 7.11 Å². The molecule has 0 fully saturated rings. The minimum Gasteiger partial charge on any atom is -0.496 e. The molecule has 0 aliphatic carbocycles. The zero-order valence-electron chi connectivity index (χ0n) is 11.4. The molecule has 2 rings (SSSR count). The number of methoxy groups -OCH3 is 1. The molecule has 0 atom stereocenters. The molecule has 0 saturated heterocycles. The Labute approximate surface area is 117 Å². The molecule has 0 amide bonds. The maximum absolute atomic E-state index is 13.8. The molecule has 104 valence electrons. The normalized spacial score (nSPS) is 10.2. The van der Waals surface area contributed by atoms with Crippen LogP contribution < -0.4 is 9.47 Å². The van der Waals surface area contributed by atoms with Gasteiger partial charge >= 0.3 is 0 Å². The van der Waals surface area contributed by atoms with Crippen LogP contribution in [-0.4, -0.2) is 13.4 Å². The smallest absolute Gasteiger partial charge is 0.167 e. The number of carbonyl (C=O) groups excluding carboxylic acids is 1. The number of hydrogen-bond donors (Lipinski definition) is 0. The number of hydrogen-bond acceptors (Lipinski definition) is 3. The van der Waals surface area contributed by atoms with E-state index in [1.54, 1.807) is 43.3 Å². The molecule has 0 aromatic heterocycles. The average Bonchev–Trinajstić information content (AvgIpc) is 2.48. The van der Waals surface area contributed by atoms with Crippen molar-refractivity contribution in [1.29, 1.82) is 0 Å². The van der Waals surface area contributed by atoms with Crippen LogP contribution in [-0.2, 0) is 6.61 Å². The molecule has 0 saturated carbocycles. The molecule has 0 N–H and O–H groups in total. The van der Waals surface area contributed by atoms with Crippen LogP contribution in [0.5, 0.6) is 11.5 Å². The van der Waals surface area contributed by atoms with Gasteiger partial charge in [-0.15, -0.1) is 0 Å². The minimum absolute atomic E-state index is 0.130. The van der Waals surface area contributed by atoms with Gasteiger partial charge in [-0.25, -0.2) is 4.39 Å². The molecule has 0 aliphatic rings. The summed E-state index contributed by atoms with van der Waals surface area (Å²) in [5.74, 6) is 0.408. The van der Waals surface area contributed by atoms with E-state index < -0.39 is 0 Å². The quantitative estimate of drug-likeness (QED) is 0.782. The van der Waals surface area contributed by atoms with Gasteiger partial charge in [0.2, 0.25) is 0 Å². The Balaban J connectivity index is 2.21. The van der Waals surface area contributed by atoms with Crippen LogP contribution in [0.25, 0.3) is 0 Å². The maximum Gasteiger partial charge on any atom is 0.167 e. The second-order valence-electron chi connectivity index (χ2n) is 4.36. The van der Waals surface area contributed by atoms with Crippen molar-refractivity contribution in [3.8, 4) is 11.5 Å². The molecule has 3 nitrogen and oxygen atoms in total. The molecule has 0 bridgehead atoms. The summed E-state index contributed by atoms with van der Waals surface area (Å²) < 4.78 is 24.5. The first-order valence-electron chi connectivity index (χ1n) is 6.15. The van der Waals surface area contributed by atoms with Gasteiger partial charge in [0.25, 0.3) is 0 Å². The number of ether oxygens (including phenoxy) is 2. The summed E-state index contributed by atoms with van der Waals surface area (Å²) in [4.78, 5) is 10.8. The van der Waals surface area contributed by atoms with E-state index in [0.29, 0.717) is 22.4 Å². The summed E-state index contributed by atoms with van der Waals surface area (Å²) in [6.07, 6.45) is 0.746. The van der Waals surface area contributed by atoms with Crippen molar-refractivity contribution in [2.45, 2.75) is 13.5 Å². The molecule has 0 radical (unpaired) electrons. The predicted molar refractivity (Wildman–Crippen MR) is 73.9 cm³/mol. The van der Waals surface area contributed by atoms with Crippen molar-refractivity contribution in [3.05, 3.63) is 58.9 Å². The Hall–Kier alpha value is -2.36. The summed E-state index contributed by atoms with van der Waals surface area (Å²) in [6.45, 7) is 1.81. The summed E-state index contributed by atoms with van der Waals surface area (Å²) >= 11 is 0. The summed E-state index contributed by atoms with van der Waals surface area (Å²) in [5.41, 5.74) is 1.74. The zero-order valence-corrected chi connectivity index (χ0v) is 11.4. The van der Waals surface area contributed by atoms with E-state index >= 15 is 0 Å². The fraction of sp³-hybridized carbons (Fsp3) is 0.188. The highest BCUT2D eigenvalue weighted by atomic mass is 19.1. The first-order chi connectivity index (χ1) is 9.65. The predicted octanol–water partition coefficient (Wildman–Crippen LogP) is 3.53. The van der Waals surface area contributed by atoms with Crippen LogP contribution in [0.15, 0.2) is 36.4 Å². The molecule has 0 spiro atoms. The lowest BCUT2D eigenvalue weighted by atomic mass is 10.1. The van der Waals surface area contributed by atoms with Crippen molar-refractivity contribution < 1.29 is 18.7 Å². The van der Waals surface area contributed by atoms with Crippen LogP contribution in [0.3, 0.4) is 0 Å². The average molecular weight is 274 g/mol. The van der Waals surface area contributed by atoms with E-state index in [-0.39, 0.29) is 18.2 Å².